The third-order valence-corrected chi connectivity index (χ3v) is 1.58. The number of nitrogens with one attached hydrogen (secondary N) is 1. The van der Waals surface area contributed by atoms with E-state index in [-0.39, 0.29) is 11.5 Å². The molecule has 1 heterocycles. The van der Waals surface area contributed by atoms with Gasteiger partial charge in [0.25, 0.3) is 0 Å². The molecular formula is C8H12N2O. The summed E-state index contributed by atoms with van der Waals surface area (Å²) in [5.41, 5.74) is 7.05. The minimum atomic E-state index is -0.195. The zero-order valence-electron chi connectivity index (χ0n) is 6.72. The standard InChI is InChI=1S/C8H12N2O/c1-5-3-8(11)7(4-10-5)6(2)9/h3-4,6H,9H2,1-2H3,(H,10,11). The third-order valence-electron chi connectivity index (χ3n) is 1.58. The van der Waals surface area contributed by atoms with Crippen molar-refractivity contribution in [2.45, 2.75) is 19.9 Å². The predicted octanol–water partition coefficient (Wildman–Crippen LogP) is 0.703. The van der Waals surface area contributed by atoms with Crippen LogP contribution < -0.4 is 11.2 Å². The fourth-order valence-electron chi connectivity index (χ4n) is 0.940. The molecule has 3 heteroatoms. The number of H-pyrrole nitrogens is 1. The van der Waals surface area contributed by atoms with E-state index in [1.54, 1.807) is 19.2 Å². The number of aromatic amines is 1. The van der Waals surface area contributed by atoms with Gasteiger partial charge in [0.05, 0.1) is 0 Å². The van der Waals surface area contributed by atoms with Crippen molar-refractivity contribution in [2.75, 3.05) is 0 Å². The fourth-order valence-corrected chi connectivity index (χ4v) is 0.940. The van der Waals surface area contributed by atoms with E-state index in [2.05, 4.69) is 4.98 Å². The Balaban J connectivity index is 3.21. The van der Waals surface area contributed by atoms with Crippen LogP contribution in [0, 0.1) is 6.92 Å². The van der Waals surface area contributed by atoms with Crippen LogP contribution in [0.1, 0.15) is 24.2 Å². The average molecular weight is 152 g/mol. The molecule has 0 radical (unpaired) electrons. The van der Waals surface area contributed by atoms with Gasteiger partial charge in [-0.15, -0.1) is 0 Å². The van der Waals surface area contributed by atoms with Gasteiger partial charge >= 0.3 is 0 Å². The Labute approximate surface area is 65.2 Å². The summed E-state index contributed by atoms with van der Waals surface area (Å²) in [6, 6.07) is 1.36. The second-order valence-corrected chi connectivity index (χ2v) is 2.72. The molecule has 0 fully saturated rings. The molecule has 1 aromatic heterocycles. The number of pyridine rings is 1. The second kappa shape index (κ2) is 2.88. The van der Waals surface area contributed by atoms with E-state index >= 15 is 0 Å². The van der Waals surface area contributed by atoms with E-state index in [1.165, 1.54) is 0 Å². The maximum Gasteiger partial charge on any atom is 0.186 e. The van der Waals surface area contributed by atoms with Crippen LogP contribution in [-0.4, -0.2) is 4.98 Å². The fraction of sp³-hybridized carbons (Fsp3) is 0.375. The summed E-state index contributed by atoms with van der Waals surface area (Å²) < 4.78 is 0. The lowest BCUT2D eigenvalue weighted by Gasteiger charge is -2.03. The first-order chi connectivity index (χ1) is 5.11. The van der Waals surface area contributed by atoms with Crippen LogP contribution in [0.15, 0.2) is 17.1 Å². The van der Waals surface area contributed by atoms with E-state index in [4.69, 9.17) is 5.73 Å². The predicted molar refractivity (Wildman–Crippen MR) is 44.4 cm³/mol. The second-order valence-electron chi connectivity index (χ2n) is 2.72. The molecule has 0 saturated carbocycles. The molecule has 3 nitrogen and oxygen atoms in total. The molecule has 1 unspecified atom stereocenters. The molecule has 1 rings (SSSR count). The Morgan fingerprint density at radius 2 is 2.27 bits per heavy atom. The highest BCUT2D eigenvalue weighted by Gasteiger charge is 2.02. The molecule has 1 atom stereocenters. The van der Waals surface area contributed by atoms with Crippen molar-refractivity contribution in [1.29, 1.82) is 0 Å². The van der Waals surface area contributed by atoms with Crippen molar-refractivity contribution in [1.82, 2.24) is 4.98 Å². The highest BCUT2D eigenvalue weighted by molar-refractivity contribution is 5.16. The van der Waals surface area contributed by atoms with Crippen molar-refractivity contribution in [3.63, 3.8) is 0 Å². The van der Waals surface area contributed by atoms with Crippen LogP contribution in [-0.2, 0) is 0 Å². The highest BCUT2D eigenvalue weighted by Crippen LogP contribution is 2.01. The molecule has 3 N–H and O–H groups in total. The zero-order chi connectivity index (χ0) is 8.43. The molecular weight excluding hydrogens is 140 g/mol. The van der Waals surface area contributed by atoms with Crippen molar-refractivity contribution >= 4 is 0 Å². The Kier molecular flexibility index (Phi) is 2.10. The minimum Gasteiger partial charge on any atom is -0.365 e. The number of hydrogen-bond donors (Lipinski definition) is 2. The highest BCUT2D eigenvalue weighted by atomic mass is 16.1. The molecule has 0 bridgehead atoms. The van der Waals surface area contributed by atoms with E-state index in [0.29, 0.717) is 5.56 Å². The van der Waals surface area contributed by atoms with Gasteiger partial charge in [-0.1, -0.05) is 0 Å². The maximum atomic E-state index is 11.2. The molecule has 1 aromatic rings. The van der Waals surface area contributed by atoms with Crippen LogP contribution >= 0.6 is 0 Å². The van der Waals surface area contributed by atoms with Gasteiger partial charge in [0, 0.05) is 29.6 Å². The molecule has 0 aliphatic carbocycles. The molecule has 11 heavy (non-hydrogen) atoms. The molecule has 0 aliphatic rings. The quantitative estimate of drug-likeness (QED) is 0.622. The van der Waals surface area contributed by atoms with Crippen LogP contribution in [0.4, 0.5) is 0 Å². The average Bonchev–Trinajstić information content (AvgIpc) is 1.85. The van der Waals surface area contributed by atoms with Gasteiger partial charge in [-0.25, -0.2) is 0 Å². The smallest absolute Gasteiger partial charge is 0.186 e. The third kappa shape index (κ3) is 1.68. The number of rotatable bonds is 1. The molecule has 0 aromatic carbocycles. The lowest BCUT2D eigenvalue weighted by molar-refractivity contribution is 0.801. The lowest BCUT2D eigenvalue weighted by atomic mass is 10.1. The Bertz CT molecular complexity index is 301. The molecule has 0 saturated heterocycles. The Morgan fingerprint density at radius 3 is 2.73 bits per heavy atom. The summed E-state index contributed by atoms with van der Waals surface area (Å²) in [5.74, 6) is 0. The maximum absolute atomic E-state index is 11.2. The summed E-state index contributed by atoms with van der Waals surface area (Å²) in [7, 11) is 0. The van der Waals surface area contributed by atoms with Crippen molar-refractivity contribution < 1.29 is 0 Å². The van der Waals surface area contributed by atoms with Gasteiger partial charge in [0.1, 0.15) is 0 Å². The van der Waals surface area contributed by atoms with Gasteiger partial charge in [-0.2, -0.15) is 0 Å². The first-order valence-corrected chi connectivity index (χ1v) is 3.56. The molecule has 60 valence electrons. The Morgan fingerprint density at radius 1 is 1.64 bits per heavy atom. The van der Waals surface area contributed by atoms with E-state index < -0.39 is 0 Å². The Hall–Kier alpha value is -1.09. The van der Waals surface area contributed by atoms with E-state index in [9.17, 15) is 4.79 Å². The molecule has 0 aliphatic heterocycles. The van der Waals surface area contributed by atoms with E-state index in [1.807, 2.05) is 6.92 Å². The summed E-state index contributed by atoms with van der Waals surface area (Å²) in [6.45, 7) is 3.63. The van der Waals surface area contributed by atoms with Crippen LogP contribution in [0.5, 0.6) is 0 Å². The van der Waals surface area contributed by atoms with E-state index in [0.717, 1.165) is 5.69 Å². The molecule has 0 spiro atoms. The first kappa shape index (κ1) is 8.01. The van der Waals surface area contributed by atoms with Gasteiger partial charge in [0.15, 0.2) is 5.43 Å². The summed E-state index contributed by atoms with van der Waals surface area (Å²) >= 11 is 0. The van der Waals surface area contributed by atoms with Gasteiger partial charge in [0.2, 0.25) is 0 Å². The van der Waals surface area contributed by atoms with Gasteiger partial charge in [-0.3, -0.25) is 4.79 Å². The molecule has 0 amide bonds. The minimum absolute atomic E-state index is 0.0104. The monoisotopic (exact) mass is 152 g/mol. The summed E-state index contributed by atoms with van der Waals surface area (Å²) in [6.07, 6.45) is 1.67. The van der Waals surface area contributed by atoms with Crippen molar-refractivity contribution in [2.24, 2.45) is 5.73 Å². The number of aryl methyl sites for hydroxylation is 1. The van der Waals surface area contributed by atoms with Gasteiger partial charge in [-0.05, 0) is 13.8 Å². The number of nitrogens with two attached hydrogens (primary N) is 1. The van der Waals surface area contributed by atoms with Crippen molar-refractivity contribution in [3.05, 3.63) is 33.7 Å². The van der Waals surface area contributed by atoms with Crippen LogP contribution in [0.25, 0.3) is 0 Å². The zero-order valence-corrected chi connectivity index (χ0v) is 6.72. The summed E-state index contributed by atoms with van der Waals surface area (Å²) in [4.78, 5) is 14.1. The van der Waals surface area contributed by atoms with Crippen LogP contribution in [0.3, 0.4) is 0 Å². The first-order valence-electron chi connectivity index (χ1n) is 3.56. The number of aromatic nitrogens is 1. The normalized spacial score (nSPS) is 13.0. The SMILES string of the molecule is Cc1cc(=O)c(C(C)N)c[nH]1. The van der Waals surface area contributed by atoms with Gasteiger partial charge < -0.3 is 10.7 Å². The number of hydrogen-bond acceptors (Lipinski definition) is 2. The topological polar surface area (TPSA) is 58.9 Å². The lowest BCUT2D eigenvalue weighted by Crippen LogP contribution is -2.17. The van der Waals surface area contributed by atoms with Crippen LogP contribution in [0.2, 0.25) is 0 Å². The summed E-state index contributed by atoms with van der Waals surface area (Å²) in [5, 5.41) is 0. The van der Waals surface area contributed by atoms with Crippen molar-refractivity contribution in [3.8, 4) is 0 Å². The largest absolute Gasteiger partial charge is 0.365 e.